The van der Waals surface area contributed by atoms with E-state index in [9.17, 15) is 9.59 Å². The Morgan fingerprint density at radius 3 is 2.73 bits per heavy atom. The molecular formula is C17H23NO4. The number of rotatable bonds is 6. The van der Waals surface area contributed by atoms with Crippen LogP contribution in [0.5, 0.6) is 5.75 Å². The fourth-order valence-electron chi connectivity index (χ4n) is 2.52. The van der Waals surface area contributed by atoms with Crippen LogP contribution in [0.1, 0.15) is 38.2 Å². The van der Waals surface area contributed by atoms with Crippen molar-refractivity contribution in [2.75, 3.05) is 6.61 Å². The normalized spacial score (nSPS) is 16.1. The molecule has 1 aliphatic carbocycles. The van der Waals surface area contributed by atoms with Crippen LogP contribution in [-0.2, 0) is 14.3 Å². The van der Waals surface area contributed by atoms with E-state index < -0.39 is 12.1 Å². The molecule has 0 heterocycles. The molecule has 0 saturated heterocycles. The molecular weight excluding hydrogens is 282 g/mol. The molecule has 1 N–H and O–H groups in total. The molecule has 1 aliphatic rings. The minimum absolute atomic E-state index is 0.204. The van der Waals surface area contributed by atoms with Crippen LogP contribution in [0.15, 0.2) is 24.3 Å². The number of esters is 1. The lowest BCUT2D eigenvalue weighted by Crippen LogP contribution is -2.41. The van der Waals surface area contributed by atoms with Gasteiger partial charge in [-0.15, -0.1) is 0 Å². The quantitative estimate of drug-likeness (QED) is 0.820. The van der Waals surface area contributed by atoms with Crippen molar-refractivity contribution >= 4 is 11.9 Å². The van der Waals surface area contributed by atoms with E-state index >= 15 is 0 Å². The molecule has 0 radical (unpaired) electrons. The molecule has 5 nitrogen and oxygen atoms in total. The van der Waals surface area contributed by atoms with Gasteiger partial charge in [-0.2, -0.15) is 0 Å². The first-order valence-corrected chi connectivity index (χ1v) is 7.74. The summed E-state index contributed by atoms with van der Waals surface area (Å²) in [7, 11) is 0. The summed E-state index contributed by atoms with van der Waals surface area (Å²) in [5.41, 5.74) is 1.05. The molecule has 120 valence electrons. The lowest BCUT2D eigenvalue weighted by atomic mass is 10.2. The molecule has 22 heavy (non-hydrogen) atoms. The summed E-state index contributed by atoms with van der Waals surface area (Å²) in [5, 5.41) is 2.91. The zero-order valence-corrected chi connectivity index (χ0v) is 13.1. The first-order valence-electron chi connectivity index (χ1n) is 7.74. The number of carbonyl (C=O) groups is 2. The average molecular weight is 305 g/mol. The van der Waals surface area contributed by atoms with Crippen LogP contribution in [0.25, 0.3) is 0 Å². The van der Waals surface area contributed by atoms with Crippen molar-refractivity contribution in [1.82, 2.24) is 5.32 Å². The highest BCUT2D eigenvalue weighted by Crippen LogP contribution is 2.17. The van der Waals surface area contributed by atoms with Crippen molar-refractivity contribution < 1.29 is 19.1 Å². The average Bonchev–Trinajstić information content (AvgIpc) is 2.98. The van der Waals surface area contributed by atoms with E-state index in [1.807, 2.05) is 25.1 Å². The molecule has 2 rings (SSSR count). The number of benzene rings is 1. The molecule has 1 atom stereocenters. The van der Waals surface area contributed by atoms with E-state index in [0.717, 1.165) is 31.2 Å². The van der Waals surface area contributed by atoms with Gasteiger partial charge in [0.25, 0.3) is 5.91 Å². The summed E-state index contributed by atoms with van der Waals surface area (Å²) in [4.78, 5) is 23.7. The molecule has 1 aromatic rings. The predicted octanol–water partition coefficient (Wildman–Crippen LogP) is 2.36. The molecule has 1 fully saturated rings. The monoisotopic (exact) mass is 305 g/mol. The van der Waals surface area contributed by atoms with Gasteiger partial charge in [0.1, 0.15) is 5.75 Å². The summed E-state index contributed by atoms with van der Waals surface area (Å²) in [6, 6.07) is 7.63. The molecule has 0 bridgehead atoms. The zero-order chi connectivity index (χ0) is 15.9. The number of hydrogen-bond acceptors (Lipinski definition) is 4. The summed E-state index contributed by atoms with van der Waals surface area (Å²) in [6.45, 7) is 3.32. The van der Waals surface area contributed by atoms with Gasteiger partial charge < -0.3 is 14.8 Å². The van der Waals surface area contributed by atoms with Gasteiger partial charge in [0.05, 0.1) is 0 Å². The number of hydrogen-bond donors (Lipinski definition) is 1. The Labute approximate surface area is 131 Å². The molecule has 0 aliphatic heterocycles. The second kappa shape index (κ2) is 7.82. The van der Waals surface area contributed by atoms with E-state index in [2.05, 4.69) is 5.32 Å². The third kappa shape index (κ3) is 5.06. The van der Waals surface area contributed by atoms with E-state index in [1.165, 1.54) is 0 Å². The van der Waals surface area contributed by atoms with Gasteiger partial charge in [-0.05, 0) is 44.4 Å². The summed E-state index contributed by atoms with van der Waals surface area (Å²) in [6.07, 6.45) is 3.49. The fraction of sp³-hybridized carbons (Fsp3) is 0.529. The van der Waals surface area contributed by atoms with Crippen molar-refractivity contribution in [3.8, 4) is 5.75 Å². The number of carbonyl (C=O) groups excluding carboxylic acids is 2. The standard InChI is InChI=1S/C17H23NO4/c1-12-6-5-9-15(10-12)21-11-16(19)22-13(2)17(20)18-14-7-3-4-8-14/h5-6,9-10,13-14H,3-4,7-8,11H2,1-2H3,(H,18,20). The molecule has 1 aromatic carbocycles. The highest BCUT2D eigenvalue weighted by atomic mass is 16.6. The summed E-state index contributed by atoms with van der Waals surface area (Å²) in [5.74, 6) is -0.175. The van der Waals surface area contributed by atoms with Gasteiger partial charge in [-0.3, -0.25) is 4.79 Å². The SMILES string of the molecule is Cc1cccc(OCC(=O)OC(C)C(=O)NC2CCCC2)c1. The Kier molecular flexibility index (Phi) is 5.81. The molecule has 1 amide bonds. The zero-order valence-electron chi connectivity index (χ0n) is 13.1. The van der Waals surface area contributed by atoms with Crippen molar-refractivity contribution in [2.24, 2.45) is 0 Å². The summed E-state index contributed by atoms with van der Waals surface area (Å²) >= 11 is 0. The highest BCUT2D eigenvalue weighted by molar-refractivity contribution is 5.83. The van der Waals surface area contributed by atoms with E-state index in [0.29, 0.717) is 5.75 Å². The second-order valence-electron chi connectivity index (χ2n) is 5.73. The lowest BCUT2D eigenvalue weighted by Gasteiger charge is -2.17. The smallest absolute Gasteiger partial charge is 0.344 e. The van der Waals surface area contributed by atoms with Crippen molar-refractivity contribution in [3.63, 3.8) is 0 Å². The third-order valence-electron chi connectivity index (χ3n) is 3.73. The van der Waals surface area contributed by atoms with E-state index in [4.69, 9.17) is 9.47 Å². The minimum Gasteiger partial charge on any atom is -0.482 e. The third-order valence-corrected chi connectivity index (χ3v) is 3.73. The number of ether oxygens (including phenoxy) is 2. The van der Waals surface area contributed by atoms with Gasteiger partial charge >= 0.3 is 5.97 Å². The van der Waals surface area contributed by atoms with Crippen LogP contribution in [0.2, 0.25) is 0 Å². The van der Waals surface area contributed by atoms with Gasteiger partial charge in [0.2, 0.25) is 0 Å². The molecule has 0 spiro atoms. The number of aryl methyl sites for hydroxylation is 1. The first-order chi connectivity index (χ1) is 10.5. The largest absolute Gasteiger partial charge is 0.482 e. The first kappa shape index (κ1) is 16.3. The molecule has 1 unspecified atom stereocenters. The molecule has 1 saturated carbocycles. The second-order valence-corrected chi connectivity index (χ2v) is 5.73. The molecule has 5 heteroatoms. The maximum absolute atomic E-state index is 11.9. The van der Waals surface area contributed by atoms with Gasteiger partial charge in [-0.25, -0.2) is 4.79 Å². The Morgan fingerprint density at radius 2 is 2.05 bits per heavy atom. The Balaban J connectivity index is 1.72. The van der Waals surface area contributed by atoms with Crippen LogP contribution < -0.4 is 10.1 Å². The fourth-order valence-corrected chi connectivity index (χ4v) is 2.52. The van der Waals surface area contributed by atoms with Crippen LogP contribution in [0, 0.1) is 6.92 Å². The van der Waals surface area contributed by atoms with Crippen molar-refractivity contribution in [2.45, 2.75) is 51.7 Å². The maximum atomic E-state index is 11.9. The maximum Gasteiger partial charge on any atom is 0.344 e. The van der Waals surface area contributed by atoms with Crippen LogP contribution in [0.3, 0.4) is 0 Å². The number of amides is 1. The summed E-state index contributed by atoms with van der Waals surface area (Å²) < 4.78 is 10.5. The van der Waals surface area contributed by atoms with Crippen LogP contribution in [0.4, 0.5) is 0 Å². The van der Waals surface area contributed by atoms with Crippen LogP contribution in [-0.4, -0.2) is 30.6 Å². The van der Waals surface area contributed by atoms with E-state index in [1.54, 1.807) is 13.0 Å². The Morgan fingerprint density at radius 1 is 1.32 bits per heavy atom. The predicted molar refractivity (Wildman–Crippen MR) is 82.6 cm³/mol. The lowest BCUT2D eigenvalue weighted by molar-refractivity contribution is -0.156. The minimum atomic E-state index is -0.797. The van der Waals surface area contributed by atoms with Crippen molar-refractivity contribution in [3.05, 3.63) is 29.8 Å². The Hall–Kier alpha value is -2.04. The van der Waals surface area contributed by atoms with Gasteiger partial charge in [0, 0.05) is 6.04 Å². The topological polar surface area (TPSA) is 64.6 Å². The van der Waals surface area contributed by atoms with Crippen LogP contribution >= 0.6 is 0 Å². The molecule has 0 aromatic heterocycles. The van der Waals surface area contributed by atoms with E-state index in [-0.39, 0.29) is 18.6 Å². The Bertz CT molecular complexity index is 523. The van der Waals surface area contributed by atoms with Gasteiger partial charge in [0.15, 0.2) is 12.7 Å². The van der Waals surface area contributed by atoms with Crippen molar-refractivity contribution in [1.29, 1.82) is 0 Å². The highest BCUT2D eigenvalue weighted by Gasteiger charge is 2.23. The van der Waals surface area contributed by atoms with Gasteiger partial charge in [-0.1, -0.05) is 25.0 Å². The number of nitrogens with one attached hydrogen (secondary N) is 1.